The van der Waals surface area contributed by atoms with Gasteiger partial charge in [-0.1, -0.05) is 30.3 Å². The minimum absolute atomic E-state index is 0.0188. The molecule has 2 rings (SSSR count). The van der Waals surface area contributed by atoms with Gasteiger partial charge in [0.15, 0.2) is 11.2 Å². The van der Waals surface area contributed by atoms with E-state index in [0.717, 1.165) is 5.56 Å². The quantitative estimate of drug-likeness (QED) is 0.617. The van der Waals surface area contributed by atoms with Crippen molar-refractivity contribution in [3.05, 3.63) is 41.5 Å². The maximum absolute atomic E-state index is 12.2. The van der Waals surface area contributed by atoms with Gasteiger partial charge in [-0.25, -0.2) is 9.59 Å². The lowest BCUT2D eigenvalue weighted by atomic mass is 9.88. The highest BCUT2D eigenvalue weighted by atomic mass is 16.6. The summed E-state index contributed by atoms with van der Waals surface area (Å²) >= 11 is 0. The predicted octanol–water partition coefficient (Wildman–Crippen LogP) is 2.35. The van der Waals surface area contributed by atoms with Crippen molar-refractivity contribution in [1.29, 1.82) is 0 Å². The van der Waals surface area contributed by atoms with Crippen molar-refractivity contribution < 1.29 is 23.8 Å². The van der Waals surface area contributed by atoms with E-state index >= 15 is 0 Å². The summed E-state index contributed by atoms with van der Waals surface area (Å²) in [6.07, 6.45) is -0.0188. The Kier molecular flexibility index (Phi) is 4.66. The van der Waals surface area contributed by atoms with Crippen molar-refractivity contribution >= 4 is 17.5 Å². The first-order valence-corrected chi connectivity index (χ1v) is 7.12. The van der Waals surface area contributed by atoms with Crippen molar-refractivity contribution in [2.24, 2.45) is 0 Å². The summed E-state index contributed by atoms with van der Waals surface area (Å²) < 4.78 is 15.8. The average Bonchev–Trinajstić information content (AvgIpc) is 2.77. The molecule has 1 unspecified atom stereocenters. The minimum atomic E-state index is -1.02. The molecule has 1 aromatic rings. The molecule has 1 aliphatic rings. The summed E-state index contributed by atoms with van der Waals surface area (Å²) in [6, 6.07) is 9.19. The summed E-state index contributed by atoms with van der Waals surface area (Å²) in [5, 5.41) is 0. The lowest BCUT2D eigenvalue weighted by Crippen LogP contribution is -2.34. The molecule has 5 heteroatoms. The zero-order chi connectivity index (χ0) is 16.3. The Morgan fingerprint density at radius 1 is 1.27 bits per heavy atom. The number of methoxy groups -OCH3 is 1. The van der Waals surface area contributed by atoms with Crippen molar-refractivity contribution in [3.63, 3.8) is 0 Å². The molecular weight excluding hydrogens is 284 g/mol. The third-order valence-corrected chi connectivity index (χ3v) is 3.45. The van der Waals surface area contributed by atoms with E-state index in [-0.39, 0.29) is 18.3 Å². The molecule has 0 spiro atoms. The number of cyclic esters (lactones) is 1. The van der Waals surface area contributed by atoms with Crippen LogP contribution in [0.25, 0.3) is 5.57 Å². The highest BCUT2D eigenvalue weighted by Crippen LogP contribution is 2.40. The number of ether oxygens (including phenoxy) is 3. The molecule has 0 bridgehead atoms. The van der Waals surface area contributed by atoms with E-state index in [1.807, 2.05) is 44.2 Å². The fourth-order valence-corrected chi connectivity index (χ4v) is 2.44. The number of benzene rings is 1. The molecule has 0 fully saturated rings. The Morgan fingerprint density at radius 3 is 2.45 bits per heavy atom. The summed E-state index contributed by atoms with van der Waals surface area (Å²) in [7, 11) is 1.24. The SMILES string of the molecule is COC(=O)C1=C(c2ccccc2)C(C)(COC(C)C)OC1=O. The monoisotopic (exact) mass is 304 g/mol. The second kappa shape index (κ2) is 6.32. The molecule has 0 amide bonds. The number of esters is 2. The molecule has 0 radical (unpaired) electrons. The van der Waals surface area contributed by atoms with Gasteiger partial charge in [-0.15, -0.1) is 0 Å². The van der Waals surface area contributed by atoms with Gasteiger partial charge in [-0.2, -0.15) is 0 Å². The molecule has 0 aliphatic carbocycles. The fourth-order valence-electron chi connectivity index (χ4n) is 2.44. The molecule has 22 heavy (non-hydrogen) atoms. The maximum Gasteiger partial charge on any atom is 0.347 e. The Morgan fingerprint density at radius 2 is 1.91 bits per heavy atom. The van der Waals surface area contributed by atoms with Gasteiger partial charge >= 0.3 is 11.9 Å². The van der Waals surface area contributed by atoms with Crippen molar-refractivity contribution in [2.45, 2.75) is 32.5 Å². The Balaban J connectivity index is 2.54. The molecule has 5 nitrogen and oxygen atoms in total. The standard InChI is InChI=1S/C17H20O5/c1-11(2)21-10-17(3)14(12-8-6-5-7-9-12)13(15(18)20-4)16(19)22-17/h5-9,11H,10H2,1-4H3. The van der Waals surface area contributed by atoms with Gasteiger partial charge in [0, 0.05) is 5.57 Å². The summed E-state index contributed by atoms with van der Waals surface area (Å²) in [5.74, 6) is -1.38. The lowest BCUT2D eigenvalue weighted by molar-refractivity contribution is -0.152. The van der Waals surface area contributed by atoms with E-state index < -0.39 is 17.5 Å². The first kappa shape index (κ1) is 16.2. The van der Waals surface area contributed by atoms with Crippen LogP contribution in [0, 0.1) is 0 Å². The predicted molar refractivity (Wildman–Crippen MR) is 81.0 cm³/mol. The number of carbonyl (C=O) groups is 2. The van der Waals surface area contributed by atoms with Gasteiger partial charge < -0.3 is 14.2 Å². The largest absolute Gasteiger partial charge is 0.465 e. The highest BCUT2D eigenvalue weighted by molar-refractivity contribution is 6.23. The van der Waals surface area contributed by atoms with Crippen LogP contribution in [0.1, 0.15) is 26.3 Å². The zero-order valence-electron chi connectivity index (χ0n) is 13.2. The molecule has 1 aromatic carbocycles. The Bertz CT molecular complexity index is 603. The minimum Gasteiger partial charge on any atom is -0.465 e. The van der Waals surface area contributed by atoms with Crippen LogP contribution < -0.4 is 0 Å². The first-order chi connectivity index (χ1) is 10.4. The molecule has 1 atom stereocenters. The molecular formula is C17H20O5. The molecule has 118 valence electrons. The van der Waals surface area contributed by atoms with Crippen LogP contribution in [0.3, 0.4) is 0 Å². The maximum atomic E-state index is 12.2. The van der Waals surface area contributed by atoms with Crippen LogP contribution in [0.4, 0.5) is 0 Å². The number of hydrogen-bond donors (Lipinski definition) is 0. The van der Waals surface area contributed by atoms with E-state index in [1.165, 1.54) is 7.11 Å². The van der Waals surface area contributed by atoms with Crippen LogP contribution in [0.2, 0.25) is 0 Å². The molecule has 1 aliphatic heterocycles. The van der Waals surface area contributed by atoms with E-state index in [4.69, 9.17) is 14.2 Å². The Hall–Kier alpha value is -2.14. The van der Waals surface area contributed by atoms with Crippen molar-refractivity contribution in [1.82, 2.24) is 0 Å². The van der Waals surface area contributed by atoms with Gasteiger partial charge in [0.2, 0.25) is 0 Å². The number of hydrogen-bond acceptors (Lipinski definition) is 5. The Labute approximate surface area is 129 Å². The summed E-state index contributed by atoms with van der Waals surface area (Å²) in [5.41, 5.74) is 0.157. The third kappa shape index (κ3) is 3.04. The van der Waals surface area contributed by atoms with Crippen LogP contribution in [0.5, 0.6) is 0 Å². The summed E-state index contributed by atoms with van der Waals surface area (Å²) in [4.78, 5) is 24.2. The topological polar surface area (TPSA) is 61.8 Å². The van der Waals surface area contributed by atoms with E-state index in [1.54, 1.807) is 6.92 Å². The van der Waals surface area contributed by atoms with Gasteiger partial charge in [0.1, 0.15) is 0 Å². The fraction of sp³-hybridized carbons (Fsp3) is 0.412. The molecule has 0 aromatic heterocycles. The van der Waals surface area contributed by atoms with E-state index in [0.29, 0.717) is 5.57 Å². The average molecular weight is 304 g/mol. The van der Waals surface area contributed by atoms with Crippen LogP contribution in [-0.4, -0.2) is 37.4 Å². The second-order valence-corrected chi connectivity index (χ2v) is 5.59. The van der Waals surface area contributed by atoms with Crippen molar-refractivity contribution in [3.8, 4) is 0 Å². The van der Waals surface area contributed by atoms with Crippen LogP contribution >= 0.6 is 0 Å². The molecule has 0 saturated carbocycles. The molecule has 1 heterocycles. The second-order valence-electron chi connectivity index (χ2n) is 5.59. The van der Waals surface area contributed by atoms with E-state index in [9.17, 15) is 9.59 Å². The van der Waals surface area contributed by atoms with Crippen molar-refractivity contribution in [2.75, 3.05) is 13.7 Å². The zero-order valence-corrected chi connectivity index (χ0v) is 13.2. The van der Waals surface area contributed by atoms with E-state index in [2.05, 4.69) is 0 Å². The van der Waals surface area contributed by atoms with Gasteiger partial charge in [-0.05, 0) is 26.3 Å². The molecule has 0 N–H and O–H groups in total. The third-order valence-electron chi connectivity index (χ3n) is 3.45. The smallest absolute Gasteiger partial charge is 0.347 e. The molecule has 0 saturated heterocycles. The van der Waals surface area contributed by atoms with Gasteiger partial charge in [-0.3, -0.25) is 0 Å². The number of carbonyl (C=O) groups excluding carboxylic acids is 2. The first-order valence-electron chi connectivity index (χ1n) is 7.12. The number of rotatable bonds is 5. The normalized spacial score (nSPS) is 21.2. The van der Waals surface area contributed by atoms with Gasteiger partial charge in [0.05, 0.1) is 19.8 Å². The lowest BCUT2D eigenvalue weighted by Gasteiger charge is -2.27. The highest BCUT2D eigenvalue weighted by Gasteiger charge is 2.48. The van der Waals surface area contributed by atoms with Gasteiger partial charge in [0.25, 0.3) is 0 Å². The van der Waals surface area contributed by atoms with Crippen LogP contribution in [-0.2, 0) is 23.8 Å². The summed E-state index contributed by atoms with van der Waals surface area (Å²) in [6.45, 7) is 5.70. The van der Waals surface area contributed by atoms with Crippen LogP contribution in [0.15, 0.2) is 35.9 Å².